The van der Waals surface area contributed by atoms with Crippen LogP contribution in [0.25, 0.3) is 0 Å². The molecule has 0 aliphatic heterocycles. The van der Waals surface area contributed by atoms with E-state index in [1.54, 1.807) is 6.92 Å². The lowest BCUT2D eigenvalue weighted by atomic mass is 10.1. The Kier molecular flexibility index (Phi) is 4.90. The molecule has 94 valence electrons. The van der Waals surface area contributed by atoms with Crippen LogP contribution in [0.15, 0.2) is 18.2 Å². The van der Waals surface area contributed by atoms with Gasteiger partial charge in [-0.15, -0.1) is 0 Å². The molecule has 0 aliphatic carbocycles. The number of aliphatic hydroxyl groups is 1. The molecule has 17 heavy (non-hydrogen) atoms. The van der Waals surface area contributed by atoms with Crippen LogP contribution in [0, 0.1) is 5.82 Å². The molecule has 0 fully saturated rings. The Balaban J connectivity index is 2.86. The highest BCUT2D eigenvalue weighted by Crippen LogP contribution is 2.16. The van der Waals surface area contributed by atoms with Crippen LogP contribution in [-0.2, 0) is 0 Å². The number of carbonyl (C=O) groups is 1. The SMILES string of the molecule is CCN(CCCO)C(=O)c1ccc(O)cc1F. The maximum absolute atomic E-state index is 13.5. The minimum atomic E-state index is -0.738. The van der Waals surface area contributed by atoms with Crippen LogP contribution in [0.2, 0.25) is 0 Å². The molecule has 0 saturated heterocycles. The van der Waals surface area contributed by atoms with Gasteiger partial charge in [0.1, 0.15) is 11.6 Å². The Morgan fingerprint density at radius 1 is 1.47 bits per heavy atom. The summed E-state index contributed by atoms with van der Waals surface area (Å²) >= 11 is 0. The highest BCUT2D eigenvalue weighted by Gasteiger charge is 2.17. The first-order chi connectivity index (χ1) is 8.10. The molecule has 2 N–H and O–H groups in total. The summed E-state index contributed by atoms with van der Waals surface area (Å²) in [6.07, 6.45) is 0.458. The lowest BCUT2D eigenvalue weighted by molar-refractivity contribution is 0.0749. The van der Waals surface area contributed by atoms with Crippen LogP contribution in [0.1, 0.15) is 23.7 Å². The van der Waals surface area contributed by atoms with Crippen molar-refractivity contribution in [2.75, 3.05) is 19.7 Å². The zero-order valence-electron chi connectivity index (χ0n) is 9.69. The largest absolute Gasteiger partial charge is 0.508 e. The zero-order chi connectivity index (χ0) is 12.8. The van der Waals surface area contributed by atoms with Gasteiger partial charge in [-0.25, -0.2) is 4.39 Å². The molecule has 0 heterocycles. The monoisotopic (exact) mass is 241 g/mol. The molecule has 0 atom stereocenters. The molecule has 0 radical (unpaired) electrons. The van der Waals surface area contributed by atoms with Crippen LogP contribution in [0.5, 0.6) is 5.75 Å². The van der Waals surface area contributed by atoms with E-state index < -0.39 is 11.7 Å². The van der Waals surface area contributed by atoms with E-state index in [2.05, 4.69) is 0 Å². The van der Waals surface area contributed by atoms with E-state index in [-0.39, 0.29) is 17.9 Å². The van der Waals surface area contributed by atoms with Gasteiger partial charge in [0.2, 0.25) is 0 Å². The molecule has 1 rings (SSSR count). The van der Waals surface area contributed by atoms with Crippen LogP contribution in [0.4, 0.5) is 4.39 Å². The molecule has 0 spiro atoms. The Morgan fingerprint density at radius 2 is 2.18 bits per heavy atom. The molecule has 0 aliphatic rings. The van der Waals surface area contributed by atoms with Gasteiger partial charge in [0.25, 0.3) is 5.91 Å². The molecular weight excluding hydrogens is 225 g/mol. The van der Waals surface area contributed by atoms with Gasteiger partial charge in [0.15, 0.2) is 0 Å². The van der Waals surface area contributed by atoms with Crippen molar-refractivity contribution in [1.82, 2.24) is 4.90 Å². The molecule has 0 saturated carbocycles. The second-order valence-electron chi connectivity index (χ2n) is 3.63. The first-order valence-corrected chi connectivity index (χ1v) is 5.48. The lowest BCUT2D eigenvalue weighted by Gasteiger charge is -2.20. The molecule has 0 aromatic heterocycles. The fraction of sp³-hybridized carbons (Fsp3) is 0.417. The number of hydrogen-bond acceptors (Lipinski definition) is 3. The molecule has 5 heteroatoms. The number of hydrogen-bond donors (Lipinski definition) is 2. The van der Waals surface area contributed by atoms with Crippen molar-refractivity contribution in [2.45, 2.75) is 13.3 Å². The number of rotatable bonds is 5. The normalized spacial score (nSPS) is 10.3. The van der Waals surface area contributed by atoms with E-state index in [4.69, 9.17) is 10.2 Å². The fourth-order valence-electron chi connectivity index (χ4n) is 1.51. The molecular formula is C12H16FNO3. The molecule has 1 amide bonds. The Labute approximate surface area is 99.3 Å². The Bertz CT molecular complexity index is 395. The van der Waals surface area contributed by atoms with Crippen molar-refractivity contribution in [2.24, 2.45) is 0 Å². The maximum Gasteiger partial charge on any atom is 0.256 e. The zero-order valence-corrected chi connectivity index (χ0v) is 9.69. The first-order valence-electron chi connectivity index (χ1n) is 5.48. The Hall–Kier alpha value is -1.62. The molecule has 1 aromatic carbocycles. The van der Waals surface area contributed by atoms with Gasteiger partial charge in [0.05, 0.1) is 5.56 Å². The lowest BCUT2D eigenvalue weighted by Crippen LogP contribution is -2.32. The summed E-state index contributed by atoms with van der Waals surface area (Å²) in [7, 11) is 0. The Morgan fingerprint density at radius 3 is 2.71 bits per heavy atom. The third-order valence-corrected chi connectivity index (χ3v) is 2.44. The van der Waals surface area contributed by atoms with Gasteiger partial charge in [-0.2, -0.15) is 0 Å². The van der Waals surface area contributed by atoms with Crippen LogP contribution < -0.4 is 0 Å². The number of amides is 1. The van der Waals surface area contributed by atoms with Crippen molar-refractivity contribution in [3.63, 3.8) is 0 Å². The number of phenols is 1. The molecule has 1 aromatic rings. The third-order valence-electron chi connectivity index (χ3n) is 2.44. The molecule has 0 unspecified atom stereocenters. The summed E-state index contributed by atoms with van der Waals surface area (Å²) < 4.78 is 13.5. The average Bonchev–Trinajstić information content (AvgIpc) is 2.29. The first kappa shape index (κ1) is 13.4. The van der Waals surface area contributed by atoms with E-state index in [1.807, 2.05) is 0 Å². The summed E-state index contributed by atoms with van der Waals surface area (Å²) in [6.45, 7) is 2.60. The van der Waals surface area contributed by atoms with Crippen LogP contribution in [0.3, 0.4) is 0 Å². The summed E-state index contributed by atoms with van der Waals surface area (Å²) in [5.74, 6) is -1.38. The highest BCUT2D eigenvalue weighted by atomic mass is 19.1. The van der Waals surface area contributed by atoms with Crippen molar-refractivity contribution in [1.29, 1.82) is 0 Å². The number of halogens is 1. The van der Waals surface area contributed by atoms with E-state index in [1.165, 1.54) is 17.0 Å². The second-order valence-corrected chi connectivity index (χ2v) is 3.63. The van der Waals surface area contributed by atoms with Crippen LogP contribution >= 0.6 is 0 Å². The van der Waals surface area contributed by atoms with Gasteiger partial charge in [-0.1, -0.05) is 0 Å². The minimum absolute atomic E-state index is 0.0121. The third kappa shape index (κ3) is 3.42. The fourth-order valence-corrected chi connectivity index (χ4v) is 1.51. The number of aromatic hydroxyl groups is 1. The number of aliphatic hydroxyl groups excluding tert-OH is 1. The van der Waals surface area contributed by atoms with Crippen molar-refractivity contribution < 1.29 is 19.4 Å². The predicted molar refractivity (Wildman–Crippen MR) is 61.3 cm³/mol. The summed E-state index contributed by atoms with van der Waals surface area (Å²) in [5.41, 5.74) is -0.0670. The minimum Gasteiger partial charge on any atom is -0.508 e. The summed E-state index contributed by atoms with van der Waals surface area (Å²) in [6, 6.07) is 3.44. The number of nitrogens with zero attached hydrogens (tertiary/aromatic N) is 1. The number of carbonyl (C=O) groups excluding carboxylic acids is 1. The summed E-state index contributed by atoms with van der Waals surface area (Å²) in [5, 5.41) is 17.8. The van der Waals surface area contributed by atoms with Crippen molar-refractivity contribution in [3.05, 3.63) is 29.6 Å². The van der Waals surface area contributed by atoms with E-state index >= 15 is 0 Å². The number of benzene rings is 1. The van der Waals surface area contributed by atoms with E-state index in [0.29, 0.717) is 19.5 Å². The highest BCUT2D eigenvalue weighted by molar-refractivity contribution is 5.94. The second kappa shape index (κ2) is 6.20. The van der Waals surface area contributed by atoms with Gasteiger partial charge in [-0.05, 0) is 25.5 Å². The van der Waals surface area contributed by atoms with Gasteiger partial charge in [-0.3, -0.25) is 4.79 Å². The van der Waals surface area contributed by atoms with Gasteiger partial charge < -0.3 is 15.1 Å². The summed E-state index contributed by atoms with van der Waals surface area (Å²) in [4.78, 5) is 13.4. The van der Waals surface area contributed by atoms with Crippen molar-refractivity contribution in [3.8, 4) is 5.75 Å². The van der Waals surface area contributed by atoms with Gasteiger partial charge >= 0.3 is 0 Å². The van der Waals surface area contributed by atoms with Crippen LogP contribution in [-0.4, -0.2) is 40.7 Å². The standard InChI is InChI=1S/C12H16FNO3/c1-2-14(6-3-7-15)12(17)10-5-4-9(16)8-11(10)13/h4-5,8,15-16H,2-3,6-7H2,1H3. The molecule has 0 bridgehead atoms. The van der Waals surface area contributed by atoms with Gasteiger partial charge in [0, 0.05) is 25.8 Å². The number of phenolic OH excluding ortho intramolecular Hbond substituents is 1. The van der Waals surface area contributed by atoms with Crippen molar-refractivity contribution >= 4 is 5.91 Å². The predicted octanol–water partition coefficient (Wildman–Crippen LogP) is 1.38. The van der Waals surface area contributed by atoms with E-state index in [9.17, 15) is 9.18 Å². The van der Waals surface area contributed by atoms with E-state index in [0.717, 1.165) is 6.07 Å². The maximum atomic E-state index is 13.5. The smallest absolute Gasteiger partial charge is 0.256 e. The average molecular weight is 241 g/mol. The quantitative estimate of drug-likeness (QED) is 0.818. The molecule has 4 nitrogen and oxygen atoms in total. The topological polar surface area (TPSA) is 60.8 Å².